The Morgan fingerprint density at radius 1 is 1.10 bits per heavy atom. The molecule has 0 radical (unpaired) electrons. The van der Waals surface area contributed by atoms with Gasteiger partial charge in [0.15, 0.2) is 0 Å². The number of benzene rings is 1. The van der Waals surface area contributed by atoms with E-state index in [0.717, 1.165) is 30.4 Å². The van der Waals surface area contributed by atoms with Crippen molar-refractivity contribution in [3.8, 4) is 0 Å². The predicted molar refractivity (Wildman–Crippen MR) is 97.1 cm³/mol. The van der Waals surface area contributed by atoms with Crippen LogP contribution in [0, 0.1) is 0 Å². The molecule has 3 nitrogen and oxygen atoms in total. The summed E-state index contributed by atoms with van der Waals surface area (Å²) in [6.45, 7) is 0.623. The third-order valence-electron chi connectivity index (χ3n) is 2.92. The van der Waals surface area contributed by atoms with Gasteiger partial charge < -0.3 is 9.72 Å². The van der Waals surface area contributed by atoms with Gasteiger partial charge in [-0.1, -0.05) is 27.5 Å². The van der Waals surface area contributed by atoms with Crippen LogP contribution in [-0.2, 0) is 6.54 Å². The van der Waals surface area contributed by atoms with Crippen LogP contribution < -0.4 is 5.32 Å². The van der Waals surface area contributed by atoms with Crippen molar-refractivity contribution < 1.29 is 0 Å². The van der Waals surface area contributed by atoms with Crippen LogP contribution in [-0.4, -0.2) is 9.38 Å². The molecule has 3 rings (SSSR count). The molecule has 1 N–H and O–H groups in total. The fourth-order valence-corrected chi connectivity index (χ4v) is 4.70. The summed E-state index contributed by atoms with van der Waals surface area (Å²) < 4.78 is 4.89. The van der Waals surface area contributed by atoms with Gasteiger partial charge in [0.2, 0.25) is 0 Å². The first kappa shape index (κ1) is 15.3. The van der Waals surface area contributed by atoms with Crippen LogP contribution in [0.5, 0.6) is 0 Å². The van der Waals surface area contributed by atoms with Crippen molar-refractivity contribution >= 4 is 70.7 Å². The van der Waals surface area contributed by atoms with Gasteiger partial charge in [0.1, 0.15) is 5.65 Å². The molecule has 1 aromatic carbocycles. The van der Waals surface area contributed by atoms with Crippen molar-refractivity contribution in [3.63, 3.8) is 0 Å². The Bertz CT molecular complexity index is 793. The fraction of sp³-hybridized carbons (Fsp3) is 0.0714. The number of imidazole rings is 1. The maximum atomic E-state index is 5.98. The first-order valence-electron chi connectivity index (χ1n) is 6.04. The Balaban J connectivity index is 1.83. The van der Waals surface area contributed by atoms with Crippen LogP contribution in [0.4, 0.5) is 5.69 Å². The summed E-state index contributed by atoms with van der Waals surface area (Å²) in [4.78, 5) is 4.55. The van der Waals surface area contributed by atoms with E-state index in [-0.39, 0.29) is 0 Å². The molecule has 2 aromatic heterocycles. The summed E-state index contributed by atoms with van der Waals surface area (Å²) in [5, 5.41) is 4.07. The van der Waals surface area contributed by atoms with E-state index in [4.69, 9.17) is 11.6 Å². The van der Waals surface area contributed by atoms with Gasteiger partial charge in [-0.15, -0.1) is 0 Å². The summed E-state index contributed by atoms with van der Waals surface area (Å²) in [7, 11) is 0. The lowest BCUT2D eigenvalue weighted by Crippen LogP contribution is -2.01. The monoisotopic (exact) mass is 491 g/mol. The number of rotatable bonds is 3. The maximum absolute atomic E-state index is 5.98. The Hall–Kier alpha value is -0.560. The van der Waals surface area contributed by atoms with E-state index in [9.17, 15) is 0 Å². The number of nitrogens with one attached hydrogen (secondary N) is 1. The van der Waals surface area contributed by atoms with E-state index in [1.807, 2.05) is 41.1 Å². The molecule has 0 unspecified atom stereocenters. The molecular formula is C14H9Br3ClN3. The zero-order valence-electron chi connectivity index (χ0n) is 10.6. The molecule has 2 heterocycles. The number of nitrogens with zero attached hydrogens (tertiary/aromatic N) is 2. The van der Waals surface area contributed by atoms with Gasteiger partial charge in [-0.2, -0.15) is 0 Å². The third kappa shape index (κ3) is 3.44. The zero-order chi connectivity index (χ0) is 15.0. The van der Waals surface area contributed by atoms with Crippen molar-refractivity contribution in [2.24, 2.45) is 0 Å². The number of anilines is 1. The van der Waals surface area contributed by atoms with Crippen molar-refractivity contribution in [2.75, 3.05) is 5.32 Å². The maximum Gasteiger partial charge on any atom is 0.137 e. The summed E-state index contributed by atoms with van der Waals surface area (Å²) >= 11 is 16.5. The highest BCUT2D eigenvalue weighted by atomic mass is 79.9. The van der Waals surface area contributed by atoms with Crippen LogP contribution in [0.2, 0.25) is 5.02 Å². The summed E-state index contributed by atoms with van der Waals surface area (Å²) in [6, 6.07) is 7.73. The van der Waals surface area contributed by atoms with Crippen LogP contribution >= 0.6 is 59.4 Å². The lowest BCUT2D eigenvalue weighted by molar-refractivity contribution is 1.07. The smallest absolute Gasteiger partial charge is 0.137 e. The van der Waals surface area contributed by atoms with E-state index < -0.39 is 0 Å². The third-order valence-corrected chi connectivity index (χ3v) is 4.85. The van der Waals surface area contributed by atoms with Gasteiger partial charge in [-0.3, -0.25) is 0 Å². The molecule has 108 valence electrons. The molecular weight excluding hydrogens is 485 g/mol. The number of fused-ring (bicyclic) bond motifs is 1. The summed E-state index contributed by atoms with van der Waals surface area (Å²) in [5.74, 6) is 0. The SMILES string of the molecule is Clc1ccc2nc(CNc3c(Br)cc(Br)cc3Br)cn2c1. The van der Waals surface area contributed by atoms with E-state index in [2.05, 4.69) is 58.1 Å². The molecule has 21 heavy (non-hydrogen) atoms. The average Bonchev–Trinajstić information content (AvgIpc) is 2.79. The second-order valence-corrected chi connectivity index (χ2v) is 7.50. The second kappa shape index (κ2) is 6.28. The van der Waals surface area contributed by atoms with Gasteiger partial charge >= 0.3 is 0 Å². The highest BCUT2D eigenvalue weighted by Gasteiger charge is 2.08. The first-order chi connectivity index (χ1) is 10.0. The van der Waals surface area contributed by atoms with Crippen molar-refractivity contribution in [3.05, 3.63) is 60.8 Å². The van der Waals surface area contributed by atoms with Crippen molar-refractivity contribution in [1.29, 1.82) is 0 Å². The van der Waals surface area contributed by atoms with Crippen LogP contribution in [0.1, 0.15) is 5.69 Å². The lowest BCUT2D eigenvalue weighted by Gasteiger charge is -2.10. The first-order valence-corrected chi connectivity index (χ1v) is 8.80. The highest BCUT2D eigenvalue weighted by Crippen LogP contribution is 2.34. The minimum absolute atomic E-state index is 0.623. The minimum Gasteiger partial charge on any atom is -0.377 e. The van der Waals surface area contributed by atoms with Gasteiger partial charge in [-0.05, 0) is 56.1 Å². The number of aromatic nitrogens is 2. The second-order valence-electron chi connectivity index (χ2n) is 4.44. The molecule has 0 fully saturated rings. The van der Waals surface area contributed by atoms with Gasteiger partial charge in [0, 0.05) is 25.8 Å². The molecule has 0 aliphatic heterocycles. The van der Waals surface area contributed by atoms with E-state index in [1.54, 1.807) is 0 Å². The summed E-state index contributed by atoms with van der Waals surface area (Å²) in [5.41, 5.74) is 2.82. The molecule has 0 aliphatic carbocycles. The molecule has 0 aliphatic rings. The topological polar surface area (TPSA) is 29.3 Å². The van der Waals surface area contributed by atoms with Crippen molar-refractivity contribution in [2.45, 2.75) is 6.54 Å². The van der Waals surface area contributed by atoms with E-state index >= 15 is 0 Å². The molecule has 0 saturated carbocycles. The predicted octanol–water partition coefficient (Wildman–Crippen LogP) is 5.89. The van der Waals surface area contributed by atoms with Gasteiger partial charge in [0.25, 0.3) is 0 Å². The number of halogens is 4. The van der Waals surface area contributed by atoms with Gasteiger partial charge in [-0.25, -0.2) is 4.98 Å². The normalized spacial score (nSPS) is 11.0. The Labute approximate surface area is 152 Å². The fourth-order valence-electron chi connectivity index (χ4n) is 1.99. The quantitative estimate of drug-likeness (QED) is 0.492. The molecule has 0 spiro atoms. The number of hydrogen-bond donors (Lipinski definition) is 1. The largest absolute Gasteiger partial charge is 0.377 e. The number of pyridine rings is 1. The van der Waals surface area contributed by atoms with Gasteiger partial charge in [0.05, 0.1) is 22.9 Å². The highest BCUT2D eigenvalue weighted by molar-refractivity contribution is 9.11. The van der Waals surface area contributed by atoms with E-state index in [0.29, 0.717) is 11.6 Å². The molecule has 3 aromatic rings. The van der Waals surface area contributed by atoms with Crippen molar-refractivity contribution in [1.82, 2.24) is 9.38 Å². The Kier molecular flexibility index (Phi) is 4.59. The number of hydrogen-bond acceptors (Lipinski definition) is 2. The zero-order valence-corrected chi connectivity index (χ0v) is 16.1. The standard InChI is InChI=1S/C14H9Br3ClN3/c15-8-3-11(16)14(12(17)4-8)19-5-10-7-21-6-9(18)1-2-13(21)20-10/h1-4,6-7,19H,5H2. The van der Waals surface area contributed by atoms with E-state index in [1.165, 1.54) is 0 Å². The Morgan fingerprint density at radius 3 is 2.52 bits per heavy atom. The lowest BCUT2D eigenvalue weighted by atomic mass is 10.3. The summed E-state index contributed by atoms with van der Waals surface area (Å²) in [6.07, 6.45) is 3.81. The molecule has 0 amide bonds. The van der Waals surface area contributed by atoms with Crippen LogP contribution in [0.15, 0.2) is 50.1 Å². The minimum atomic E-state index is 0.623. The average molecular weight is 494 g/mol. The Morgan fingerprint density at radius 2 is 1.81 bits per heavy atom. The molecule has 0 atom stereocenters. The molecule has 0 saturated heterocycles. The molecule has 7 heteroatoms. The van der Waals surface area contributed by atoms with Crippen LogP contribution in [0.3, 0.4) is 0 Å². The van der Waals surface area contributed by atoms with Crippen LogP contribution in [0.25, 0.3) is 5.65 Å². The molecule has 0 bridgehead atoms.